The molecule has 5 heteroatoms. The zero-order valence-corrected chi connectivity index (χ0v) is 7.82. The van der Waals surface area contributed by atoms with Crippen LogP contribution in [0.5, 0.6) is 0 Å². The topological polar surface area (TPSA) is 56.2 Å². The standard InChI is InChI=1S/C7H7BrN4/c8-6-2-1-5-4-10-7(3-9)11-12(5)6/h1-2,4H,3,9H2. The Morgan fingerprint density at radius 3 is 3.08 bits per heavy atom. The highest BCUT2D eigenvalue weighted by Gasteiger charge is 2.00. The van der Waals surface area contributed by atoms with Gasteiger partial charge in [0, 0.05) is 0 Å². The molecule has 62 valence electrons. The molecule has 0 aliphatic carbocycles. The molecule has 0 aliphatic heterocycles. The summed E-state index contributed by atoms with van der Waals surface area (Å²) in [4.78, 5) is 4.06. The molecule has 0 unspecified atom stereocenters. The van der Waals surface area contributed by atoms with Gasteiger partial charge < -0.3 is 5.73 Å². The van der Waals surface area contributed by atoms with Crippen molar-refractivity contribution in [1.29, 1.82) is 0 Å². The van der Waals surface area contributed by atoms with Crippen molar-refractivity contribution in [2.75, 3.05) is 0 Å². The van der Waals surface area contributed by atoms with Crippen LogP contribution in [0.25, 0.3) is 5.52 Å². The Morgan fingerprint density at radius 1 is 1.50 bits per heavy atom. The lowest BCUT2D eigenvalue weighted by atomic mass is 10.5. The maximum atomic E-state index is 5.41. The van der Waals surface area contributed by atoms with Gasteiger partial charge in [-0.2, -0.15) is 5.10 Å². The third-order valence-corrected chi connectivity index (χ3v) is 2.18. The van der Waals surface area contributed by atoms with Gasteiger partial charge in [-0.1, -0.05) is 0 Å². The monoisotopic (exact) mass is 226 g/mol. The van der Waals surface area contributed by atoms with Crippen LogP contribution in [0.4, 0.5) is 0 Å². The maximum Gasteiger partial charge on any atom is 0.162 e. The molecule has 0 bridgehead atoms. The normalized spacial score (nSPS) is 10.8. The van der Waals surface area contributed by atoms with Gasteiger partial charge in [-0.15, -0.1) is 0 Å². The van der Waals surface area contributed by atoms with E-state index in [0.717, 1.165) is 10.1 Å². The molecule has 2 N–H and O–H groups in total. The molecule has 0 saturated carbocycles. The first kappa shape index (κ1) is 7.70. The van der Waals surface area contributed by atoms with Crippen LogP contribution in [0.2, 0.25) is 0 Å². The maximum absolute atomic E-state index is 5.41. The van der Waals surface area contributed by atoms with Crippen LogP contribution in [0.3, 0.4) is 0 Å². The van der Waals surface area contributed by atoms with E-state index in [4.69, 9.17) is 5.73 Å². The summed E-state index contributed by atoms with van der Waals surface area (Å²) >= 11 is 3.36. The summed E-state index contributed by atoms with van der Waals surface area (Å²) in [5.41, 5.74) is 6.36. The lowest BCUT2D eigenvalue weighted by molar-refractivity contribution is 0.790. The molecule has 0 spiro atoms. The van der Waals surface area contributed by atoms with E-state index in [2.05, 4.69) is 26.0 Å². The number of aromatic nitrogens is 3. The zero-order chi connectivity index (χ0) is 8.55. The van der Waals surface area contributed by atoms with Crippen LogP contribution in [0.1, 0.15) is 5.82 Å². The predicted molar refractivity (Wildman–Crippen MR) is 48.6 cm³/mol. The van der Waals surface area contributed by atoms with Gasteiger partial charge in [0.15, 0.2) is 5.82 Å². The third kappa shape index (κ3) is 1.11. The van der Waals surface area contributed by atoms with E-state index < -0.39 is 0 Å². The quantitative estimate of drug-likeness (QED) is 0.788. The smallest absolute Gasteiger partial charge is 0.162 e. The van der Waals surface area contributed by atoms with E-state index >= 15 is 0 Å². The summed E-state index contributed by atoms with van der Waals surface area (Å²) in [6, 6.07) is 3.86. The Kier molecular flexibility index (Phi) is 1.82. The fraction of sp³-hybridized carbons (Fsp3) is 0.143. The minimum Gasteiger partial charge on any atom is -0.324 e. The van der Waals surface area contributed by atoms with Gasteiger partial charge in [0.25, 0.3) is 0 Å². The number of nitrogens with zero attached hydrogens (tertiary/aromatic N) is 3. The first-order valence-corrected chi connectivity index (χ1v) is 4.30. The molecule has 0 atom stereocenters. The number of fused-ring (bicyclic) bond motifs is 1. The van der Waals surface area contributed by atoms with Crippen LogP contribution in [0, 0.1) is 0 Å². The predicted octanol–water partition coefficient (Wildman–Crippen LogP) is 0.950. The summed E-state index contributed by atoms with van der Waals surface area (Å²) in [6.07, 6.45) is 1.75. The Labute approximate surface area is 77.5 Å². The first-order chi connectivity index (χ1) is 5.81. The molecule has 0 radical (unpaired) electrons. The molecule has 0 fully saturated rings. The highest BCUT2D eigenvalue weighted by atomic mass is 79.9. The molecule has 0 aromatic carbocycles. The molecule has 0 aliphatic rings. The second-order valence-corrected chi connectivity index (χ2v) is 3.18. The van der Waals surface area contributed by atoms with E-state index in [1.807, 2.05) is 12.1 Å². The molecule has 2 rings (SSSR count). The molecule has 2 heterocycles. The highest BCUT2D eigenvalue weighted by molar-refractivity contribution is 9.10. The molecular weight excluding hydrogens is 220 g/mol. The van der Waals surface area contributed by atoms with Crippen molar-refractivity contribution in [3.8, 4) is 0 Å². The minimum atomic E-state index is 0.362. The van der Waals surface area contributed by atoms with Crippen LogP contribution in [0.15, 0.2) is 22.9 Å². The Balaban J connectivity index is 2.71. The molecule has 2 aromatic heterocycles. The number of hydrogen-bond donors (Lipinski definition) is 1. The molecule has 2 aromatic rings. The van der Waals surface area contributed by atoms with Crippen molar-refractivity contribution in [1.82, 2.24) is 14.6 Å². The fourth-order valence-corrected chi connectivity index (χ4v) is 1.41. The summed E-state index contributed by atoms with van der Waals surface area (Å²) in [5, 5.41) is 4.19. The molecule has 12 heavy (non-hydrogen) atoms. The zero-order valence-electron chi connectivity index (χ0n) is 6.24. The van der Waals surface area contributed by atoms with Gasteiger partial charge in [0.1, 0.15) is 4.60 Å². The summed E-state index contributed by atoms with van der Waals surface area (Å²) in [6.45, 7) is 0.362. The molecule has 0 amide bonds. The number of rotatable bonds is 1. The number of nitrogens with two attached hydrogens (primary N) is 1. The average molecular weight is 227 g/mol. The van der Waals surface area contributed by atoms with Crippen molar-refractivity contribution in [2.24, 2.45) is 5.73 Å². The molecular formula is C7H7BrN4. The second-order valence-electron chi connectivity index (χ2n) is 2.37. The fourth-order valence-electron chi connectivity index (χ4n) is 0.997. The molecule has 4 nitrogen and oxygen atoms in total. The van der Waals surface area contributed by atoms with Crippen molar-refractivity contribution in [2.45, 2.75) is 6.54 Å². The summed E-state index contributed by atoms with van der Waals surface area (Å²) in [7, 11) is 0. The van der Waals surface area contributed by atoms with E-state index in [1.54, 1.807) is 10.7 Å². The second kappa shape index (κ2) is 2.84. The lowest BCUT2D eigenvalue weighted by Crippen LogP contribution is -2.06. The van der Waals surface area contributed by atoms with Crippen molar-refractivity contribution in [3.05, 3.63) is 28.8 Å². The van der Waals surface area contributed by atoms with Gasteiger partial charge in [-0.25, -0.2) is 9.50 Å². The van der Waals surface area contributed by atoms with Crippen LogP contribution < -0.4 is 5.73 Å². The van der Waals surface area contributed by atoms with Crippen molar-refractivity contribution in [3.63, 3.8) is 0 Å². The van der Waals surface area contributed by atoms with Gasteiger partial charge in [0.05, 0.1) is 18.3 Å². The number of hydrogen-bond acceptors (Lipinski definition) is 3. The SMILES string of the molecule is NCc1ncc2ccc(Br)n2n1. The van der Waals surface area contributed by atoms with Crippen LogP contribution in [-0.2, 0) is 6.54 Å². The first-order valence-electron chi connectivity index (χ1n) is 3.50. The van der Waals surface area contributed by atoms with Crippen molar-refractivity contribution < 1.29 is 0 Å². The Hall–Kier alpha value is -0.940. The third-order valence-electron chi connectivity index (χ3n) is 1.58. The Bertz CT molecular complexity index is 409. The lowest BCUT2D eigenvalue weighted by Gasteiger charge is -1.97. The van der Waals surface area contributed by atoms with E-state index in [0.29, 0.717) is 12.4 Å². The summed E-state index contributed by atoms with van der Waals surface area (Å²) in [5.74, 6) is 0.638. The van der Waals surface area contributed by atoms with Gasteiger partial charge in [0.2, 0.25) is 0 Å². The van der Waals surface area contributed by atoms with E-state index in [1.165, 1.54) is 0 Å². The van der Waals surface area contributed by atoms with Gasteiger partial charge >= 0.3 is 0 Å². The molecule has 0 saturated heterocycles. The summed E-state index contributed by atoms with van der Waals surface area (Å²) < 4.78 is 2.67. The Morgan fingerprint density at radius 2 is 2.33 bits per heavy atom. The number of halogens is 1. The van der Waals surface area contributed by atoms with Gasteiger partial charge in [-0.05, 0) is 28.1 Å². The highest BCUT2D eigenvalue weighted by Crippen LogP contribution is 2.12. The largest absolute Gasteiger partial charge is 0.324 e. The van der Waals surface area contributed by atoms with Gasteiger partial charge in [-0.3, -0.25) is 0 Å². The van der Waals surface area contributed by atoms with E-state index in [9.17, 15) is 0 Å². The van der Waals surface area contributed by atoms with Crippen LogP contribution in [-0.4, -0.2) is 14.6 Å². The minimum absolute atomic E-state index is 0.362. The van der Waals surface area contributed by atoms with E-state index in [-0.39, 0.29) is 0 Å². The van der Waals surface area contributed by atoms with Crippen molar-refractivity contribution >= 4 is 21.4 Å². The average Bonchev–Trinajstić information content (AvgIpc) is 2.47. The van der Waals surface area contributed by atoms with Crippen LogP contribution >= 0.6 is 15.9 Å².